The van der Waals surface area contributed by atoms with Gasteiger partial charge in [0, 0.05) is 44.5 Å². The van der Waals surface area contributed by atoms with Gasteiger partial charge >= 0.3 is 0 Å². The molecule has 1 aliphatic heterocycles. The Morgan fingerprint density at radius 2 is 2.14 bits per heavy atom. The Bertz CT molecular complexity index is 791. The van der Waals surface area contributed by atoms with Crippen molar-refractivity contribution in [1.29, 1.82) is 0 Å². The molecule has 3 rings (SSSR count). The maximum atomic E-state index is 11.7. The van der Waals surface area contributed by atoms with Crippen LogP contribution in [-0.2, 0) is 24.8 Å². The summed E-state index contributed by atoms with van der Waals surface area (Å²) in [6, 6.07) is 4.22. The number of nitrogens with zero attached hydrogens (tertiary/aromatic N) is 5. The van der Waals surface area contributed by atoms with Crippen molar-refractivity contribution in [2.45, 2.75) is 39.2 Å². The molecule has 0 bridgehead atoms. The van der Waals surface area contributed by atoms with E-state index in [1.807, 2.05) is 23.4 Å². The van der Waals surface area contributed by atoms with Gasteiger partial charge in [-0.05, 0) is 37.6 Å². The molecule has 10 heteroatoms. The third kappa shape index (κ3) is 7.25. The molecule has 1 amide bonds. The van der Waals surface area contributed by atoms with Crippen molar-refractivity contribution in [2.75, 3.05) is 26.2 Å². The van der Waals surface area contributed by atoms with Gasteiger partial charge in [-0.3, -0.25) is 4.79 Å². The number of hydrogen-bond donors (Lipinski definition) is 2. The Morgan fingerprint density at radius 1 is 1.31 bits per heavy atom. The Morgan fingerprint density at radius 3 is 2.79 bits per heavy atom. The summed E-state index contributed by atoms with van der Waals surface area (Å²) in [5, 5.41) is 17.1. The Labute approximate surface area is 193 Å². The summed E-state index contributed by atoms with van der Waals surface area (Å²) in [5.41, 5.74) is 0. The molecule has 0 saturated carbocycles. The average Bonchev–Trinajstić information content (AvgIpc) is 3.41. The SMILES string of the molecule is Cc1nnc(CN=C(NCCCN2CCCC2=O)NCCc2cccs2)n1C.I. The van der Waals surface area contributed by atoms with Gasteiger partial charge in [0.15, 0.2) is 11.8 Å². The van der Waals surface area contributed by atoms with E-state index in [0.29, 0.717) is 13.0 Å². The number of carbonyl (C=O) groups excluding carboxylic acids is 1. The smallest absolute Gasteiger partial charge is 0.222 e. The van der Waals surface area contributed by atoms with Crippen LogP contribution in [0.15, 0.2) is 22.5 Å². The van der Waals surface area contributed by atoms with Crippen LogP contribution in [0.25, 0.3) is 0 Å². The van der Waals surface area contributed by atoms with E-state index in [1.54, 1.807) is 11.3 Å². The fourth-order valence-electron chi connectivity index (χ4n) is 3.09. The van der Waals surface area contributed by atoms with Gasteiger partial charge in [0.2, 0.25) is 5.91 Å². The predicted molar refractivity (Wildman–Crippen MR) is 127 cm³/mol. The number of likely N-dealkylation sites (tertiary alicyclic amines) is 1. The van der Waals surface area contributed by atoms with Gasteiger partial charge in [-0.1, -0.05) is 6.07 Å². The lowest BCUT2D eigenvalue weighted by atomic mass is 10.3. The first kappa shape index (κ1) is 23.6. The molecule has 2 N–H and O–H groups in total. The van der Waals surface area contributed by atoms with E-state index in [-0.39, 0.29) is 29.9 Å². The van der Waals surface area contributed by atoms with Crippen molar-refractivity contribution in [3.63, 3.8) is 0 Å². The molecule has 1 saturated heterocycles. The first-order valence-corrected chi connectivity index (χ1v) is 10.7. The summed E-state index contributed by atoms with van der Waals surface area (Å²) in [7, 11) is 1.95. The topological polar surface area (TPSA) is 87.4 Å². The van der Waals surface area contributed by atoms with E-state index in [2.05, 4.69) is 43.3 Å². The third-order valence-electron chi connectivity index (χ3n) is 4.87. The highest BCUT2D eigenvalue weighted by Gasteiger charge is 2.18. The largest absolute Gasteiger partial charge is 0.356 e. The molecule has 0 atom stereocenters. The van der Waals surface area contributed by atoms with Crippen LogP contribution in [0, 0.1) is 6.92 Å². The summed E-state index contributed by atoms with van der Waals surface area (Å²) in [5.74, 6) is 2.76. The quantitative estimate of drug-likeness (QED) is 0.224. The number of carbonyl (C=O) groups is 1. The first-order valence-electron chi connectivity index (χ1n) is 9.80. The minimum atomic E-state index is 0. The second kappa shape index (κ2) is 12.1. The predicted octanol–water partition coefficient (Wildman–Crippen LogP) is 2.09. The summed E-state index contributed by atoms with van der Waals surface area (Å²) >= 11 is 1.77. The number of hydrogen-bond acceptors (Lipinski definition) is 5. The summed E-state index contributed by atoms with van der Waals surface area (Å²) in [6.07, 6.45) is 3.55. The van der Waals surface area contributed by atoms with Gasteiger partial charge in [0.25, 0.3) is 0 Å². The normalized spacial score (nSPS) is 14.2. The maximum absolute atomic E-state index is 11.7. The molecule has 1 fully saturated rings. The van der Waals surface area contributed by atoms with Crippen LogP contribution in [0.3, 0.4) is 0 Å². The molecular formula is C19H30IN7OS. The van der Waals surface area contributed by atoms with Crippen LogP contribution in [-0.4, -0.2) is 57.7 Å². The molecule has 1 aliphatic rings. The monoisotopic (exact) mass is 531 g/mol. The van der Waals surface area contributed by atoms with Gasteiger partial charge in [0.05, 0.1) is 0 Å². The summed E-state index contributed by atoms with van der Waals surface area (Å²) < 4.78 is 1.95. The molecule has 8 nitrogen and oxygen atoms in total. The molecule has 29 heavy (non-hydrogen) atoms. The number of nitrogens with one attached hydrogen (secondary N) is 2. The van der Waals surface area contributed by atoms with Crippen LogP contribution >= 0.6 is 35.3 Å². The lowest BCUT2D eigenvalue weighted by Gasteiger charge is -2.16. The number of aromatic nitrogens is 3. The highest BCUT2D eigenvalue weighted by atomic mass is 127. The standard InChI is InChI=1S/C19H29N7OS.HI/c1-15-23-24-17(25(15)2)14-22-19(21-10-8-16-6-4-13-28-16)20-9-5-12-26-11-3-7-18(26)27;/h4,6,13H,3,5,7-12,14H2,1-2H3,(H2,20,21,22);1H. The summed E-state index contributed by atoms with van der Waals surface area (Å²) in [4.78, 5) is 19.7. The van der Waals surface area contributed by atoms with Crippen LogP contribution < -0.4 is 10.6 Å². The Hall–Kier alpha value is -1.69. The van der Waals surface area contributed by atoms with Crippen molar-refractivity contribution in [3.05, 3.63) is 34.0 Å². The molecule has 2 aromatic heterocycles. The molecule has 0 aromatic carbocycles. The van der Waals surface area contributed by atoms with E-state index < -0.39 is 0 Å². The van der Waals surface area contributed by atoms with Gasteiger partial charge in [-0.25, -0.2) is 4.99 Å². The molecule has 0 unspecified atom stereocenters. The van der Waals surface area contributed by atoms with Gasteiger partial charge in [-0.15, -0.1) is 45.5 Å². The van der Waals surface area contributed by atoms with Crippen LogP contribution in [0.4, 0.5) is 0 Å². The number of aliphatic imine (C=N–C) groups is 1. The fraction of sp³-hybridized carbons (Fsp3) is 0.579. The van der Waals surface area contributed by atoms with Crippen molar-refractivity contribution in [2.24, 2.45) is 12.0 Å². The molecule has 0 radical (unpaired) electrons. The lowest BCUT2D eigenvalue weighted by Crippen LogP contribution is -2.40. The van der Waals surface area contributed by atoms with Crippen molar-refractivity contribution < 1.29 is 4.79 Å². The van der Waals surface area contributed by atoms with Crippen molar-refractivity contribution in [3.8, 4) is 0 Å². The fourth-order valence-corrected chi connectivity index (χ4v) is 3.80. The number of amides is 1. The third-order valence-corrected chi connectivity index (χ3v) is 5.81. The van der Waals surface area contributed by atoms with Gasteiger partial charge < -0.3 is 20.1 Å². The van der Waals surface area contributed by atoms with Gasteiger partial charge in [-0.2, -0.15) is 0 Å². The van der Waals surface area contributed by atoms with Crippen LogP contribution in [0.2, 0.25) is 0 Å². The second-order valence-corrected chi connectivity index (χ2v) is 7.94. The molecular weight excluding hydrogens is 501 g/mol. The van der Waals surface area contributed by atoms with Crippen LogP contribution in [0.5, 0.6) is 0 Å². The molecule has 0 spiro atoms. The van der Waals surface area contributed by atoms with E-state index in [0.717, 1.165) is 63.0 Å². The molecule has 0 aliphatic carbocycles. The highest BCUT2D eigenvalue weighted by molar-refractivity contribution is 14.0. The average molecular weight is 531 g/mol. The number of aryl methyl sites for hydroxylation is 1. The van der Waals surface area contributed by atoms with Crippen molar-refractivity contribution in [1.82, 2.24) is 30.3 Å². The van der Waals surface area contributed by atoms with Crippen LogP contribution in [0.1, 0.15) is 35.8 Å². The zero-order valence-corrected chi connectivity index (χ0v) is 20.2. The van der Waals surface area contributed by atoms with E-state index >= 15 is 0 Å². The zero-order chi connectivity index (χ0) is 19.8. The number of thiophene rings is 1. The molecule has 160 valence electrons. The van der Waals surface area contributed by atoms with E-state index in [9.17, 15) is 4.79 Å². The highest BCUT2D eigenvalue weighted by Crippen LogP contribution is 2.09. The first-order chi connectivity index (χ1) is 13.6. The van der Waals surface area contributed by atoms with Gasteiger partial charge in [0.1, 0.15) is 12.4 Å². The van der Waals surface area contributed by atoms with Crippen molar-refractivity contribution >= 4 is 47.2 Å². The number of halogens is 1. The minimum Gasteiger partial charge on any atom is -0.356 e. The zero-order valence-electron chi connectivity index (χ0n) is 17.1. The molecule has 2 aromatic rings. The maximum Gasteiger partial charge on any atom is 0.222 e. The Kier molecular flexibility index (Phi) is 9.85. The van der Waals surface area contributed by atoms with E-state index in [1.165, 1.54) is 4.88 Å². The van der Waals surface area contributed by atoms with E-state index in [4.69, 9.17) is 0 Å². The minimum absolute atomic E-state index is 0. The number of rotatable bonds is 9. The lowest BCUT2D eigenvalue weighted by molar-refractivity contribution is -0.127. The summed E-state index contributed by atoms with van der Waals surface area (Å²) in [6.45, 7) is 5.68. The molecule has 3 heterocycles. The Balaban J connectivity index is 0.00000300. The second-order valence-electron chi connectivity index (χ2n) is 6.91. The number of guanidine groups is 1.